The standard InChI is InChI=1S/C18H15ClFNO3/c1-10-14-8-13(20)6-7-16(14)24-17(10)18(23)21-9-15(22)11-2-4-12(19)5-3-11/h2-8,15,22H,9H2,1H3,(H,21,23)/t15-/m1/s1. The Hall–Kier alpha value is -2.37. The summed E-state index contributed by atoms with van der Waals surface area (Å²) < 4.78 is 18.8. The van der Waals surface area contributed by atoms with Gasteiger partial charge in [-0.05, 0) is 42.8 Å². The van der Waals surface area contributed by atoms with E-state index >= 15 is 0 Å². The highest BCUT2D eigenvalue weighted by atomic mass is 35.5. The van der Waals surface area contributed by atoms with Gasteiger partial charge in [0.2, 0.25) is 0 Å². The zero-order valence-electron chi connectivity index (χ0n) is 12.8. The average Bonchev–Trinajstić information content (AvgIpc) is 2.89. The number of hydrogen-bond acceptors (Lipinski definition) is 3. The van der Waals surface area contributed by atoms with Crippen LogP contribution in [0.15, 0.2) is 46.9 Å². The molecular weight excluding hydrogens is 333 g/mol. The lowest BCUT2D eigenvalue weighted by Crippen LogP contribution is -2.28. The van der Waals surface area contributed by atoms with Gasteiger partial charge in [-0.2, -0.15) is 0 Å². The maximum absolute atomic E-state index is 13.3. The van der Waals surface area contributed by atoms with Crippen molar-refractivity contribution in [3.63, 3.8) is 0 Å². The fourth-order valence-corrected chi connectivity index (χ4v) is 2.61. The molecule has 3 rings (SSSR count). The van der Waals surface area contributed by atoms with Crippen molar-refractivity contribution in [3.05, 3.63) is 70.2 Å². The van der Waals surface area contributed by atoms with Crippen LogP contribution in [0, 0.1) is 12.7 Å². The number of rotatable bonds is 4. The van der Waals surface area contributed by atoms with E-state index in [2.05, 4.69) is 5.32 Å². The van der Waals surface area contributed by atoms with Gasteiger partial charge in [-0.25, -0.2) is 4.39 Å². The van der Waals surface area contributed by atoms with E-state index in [1.54, 1.807) is 31.2 Å². The van der Waals surface area contributed by atoms with E-state index in [0.29, 0.717) is 27.1 Å². The highest BCUT2D eigenvalue weighted by molar-refractivity contribution is 6.30. The van der Waals surface area contributed by atoms with Crippen LogP contribution in [-0.4, -0.2) is 17.6 Å². The lowest BCUT2D eigenvalue weighted by atomic mass is 10.1. The Kier molecular flexibility index (Phi) is 4.55. The van der Waals surface area contributed by atoms with Crippen LogP contribution in [0.3, 0.4) is 0 Å². The Morgan fingerprint density at radius 1 is 1.29 bits per heavy atom. The van der Waals surface area contributed by atoms with E-state index in [4.69, 9.17) is 16.0 Å². The minimum absolute atomic E-state index is 0.0192. The molecule has 124 valence electrons. The Bertz CT molecular complexity index is 889. The molecule has 0 unspecified atom stereocenters. The van der Waals surface area contributed by atoms with Gasteiger partial charge in [0.05, 0.1) is 6.10 Å². The second-order valence-corrected chi connectivity index (χ2v) is 5.91. The molecule has 4 nitrogen and oxygen atoms in total. The van der Waals surface area contributed by atoms with Gasteiger partial charge in [-0.15, -0.1) is 0 Å². The zero-order valence-corrected chi connectivity index (χ0v) is 13.6. The number of fused-ring (bicyclic) bond motifs is 1. The zero-order chi connectivity index (χ0) is 17.3. The second-order valence-electron chi connectivity index (χ2n) is 5.47. The molecule has 0 fully saturated rings. The number of furan rings is 1. The van der Waals surface area contributed by atoms with Gasteiger partial charge >= 0.3 is 0 Å². The van der Waals surface area contributed by atoms with Crippen molar-refractivity contribution in [3.8, 4) is 0 Å². The number of carbonyl (C=O) groups is 1. The van der Waals surface area contributed by atoms with Crippen molar-refractivity contribution < 1.29 is 18.7 Å². The molecular formula is C18H15ClFNO3. The molecule has 1 aromatic heterocycles. The van der Waals surface area contributed by atoms with E-state index in [1.807, 2.05) is 0 Å². The van der Waals surface area contributed by atoms with Gasteiger partial charge in [0.1, 0.15) is 11.4 Å². The monoisotopic (exact) mass is 347 g/mol. The molecule has 24 heavy (non-hydrogen) atoms. The Morgan fingerprint density at radius 3 is 2.71 bits per heavy atom. The largest absolute Gasteiger partial charge is 0.451 e. The van der Waals surface area contributed by atoms with E-state index in [0.717, 1.165) is 0 Å². The molecule has 0 aliphatic rings. The number of hydrogen-bond donors (Lipinski definition) is 2. The van der Waals surface area contributed by atoms with Crippen molar-refractivity contribution >= 4 is 28.5 Å². The van der Waals surface area contributed by atoms with Gasteiger partial charge in [0.15, 0.2) is 5.76 Å². The molecule has 1 amide bonds. The molecule has 0 spiro atoms. The first-order valence-electron chi connectivity index (χ1n) is 7.36. The predicted octanol–water partition coefficient (Wildman–Crippen LogP) is 4.00. The van der Waals surface area contributed by atoms with E-state index in [-0.39, 0.29) is 12.3 Å². The fraction of sp³-hybridized carbons (Fsp3) is 0.167. The van der Waals surface area contributed by atoms with Crippen LogP contribution in [0.4, 0.5) is 4.39 Å². The number of carbonyl (C=O) groups excluding carboxylic acids is 1. The summed E-state index contributed by atoms with van der Waals surface area (Å²) in [6, 6.07) is 10.8. The molecule has 3 aromatic rings. The highest BCUT2D eigenvalue weighted by Crippen LogP contribution is 2.26. The van der Waals surface area contributed by atoms with Crippen molar-refractivity contribution in [2.75, 3.05) is 6.54 Å². The molecule has 2 aromatic carbocycles. The van der Waals surface area contributed by atoms with Gasteiger partial charge in [-0.3, -0.25) is 4.79 Å². The topological polar surface area (TPSA) is 62.5 Å². The number of benzene rings is 2. The first kappa shape index (κ1) is 16.5. The maximum Gasteiger partial charge on any atom is 0.287 e. The Morgan fingerprint density at radius 2 is 2.00 bits per heavy atom. The van der Waals surface area contributed by atoms with Crippen LogP contribution in [0.25, 0.3) is 11.0 Å². The summed E-state index contributed by atoms with van der Waals surface area (Å²) in [7, 11) is 0. The lowest BCUT2D eigenvalue weighted by molar-refractivity contribution is 0.0890. The molecule has 0 bridgehead atoms. The number of nitrogens with one attached hydrogen (secondary N) is 1. The molecule has 1 atom stereocenters. The van der Waals surface area contributed by atoms with Crippen LogP contribution in [0.1, 0.15) is 27.8 Å². The lowest BCUT2D eigenvalue weighted by Gasteiger charge is -2.12. The quantitative estimate of drug-likeness (QED) is 0.750. The van der Waals surface area contributed by atoms with Crippen molar-refractivity contribution in [2.45, 2.75) is 13.0 Å². The van der Waals surface area contributed by atoms with E-state index in [9.17, 15) is 14.3 Å². The maximum atomic E-state index is 13.3. The summed E-state index contributed by atoms with van der Waals surface area (Å²) in [6.45, 7) is 1.71. The predicted molar refractivity (Wildman–Crippen MR) is 89.7 cm³/mol. The van der Waals surface area contributed by atoms with Crippen molar-refractivity contribution in [1.82, 2.24) is 5.32 Å². The Labute approximate surface area is 142 Å². The second kappa shape index (κ2) is 6.63. The van der Waals surface area contributed by atoms with E-state index < -0.39 is 17.8 Å². The Balaban J connectivity index is 1.73. The number of halogens is 2. The summed E-state index contributed by atoms with van der Waals surface area (Å²) in [5, 5.41) is 13.9. The third-order valence-corrected chi connectivity index (χ3v) is 4.07. The number of aliphatic hydroxyl groups excluding tert-OH is 1. The third kappa shape index (κ3) is 3.27. The molecule has 0 radical (unpaired) electrons. The third-order valence-electron chi connectivity index (χ3n) is 3.82. The molecule has 0 aliphatic heterocycles. The molecule has 0 saturated carbocycles. The van der Waals surface area contributed by atoms with Crippen LogP contribution < -0.4 is 5.32 Å². The van der Waals surface area contributed by atoms with Gasteiger partial charge in [0, 0.05) is 22.5 Å². The molecule has 6 heteroatoms. The molecule has 2 N–H and O–H groups in total. The first-order valence-corrected chi connectivity index (χ1v) is 7.74. The number of aryl methyl sites for hydroxylation is 1. The van der Waals surface area contributed by atoms with Crippen LogP contribution in [-0.2, 0) is 0 Å². The van der Waals surface area contributed by atoms with Crippen molar-refractivity contribution in [2.24, 2.45) is 0 Å². The first-order chi connectivity index (χ1) is 11.5. The number of aliphatic hydroxyl groups is 1. The van der Waals surface area contributed by atoms with Crippen LogP contribution >= 0.6 is 11.6 Å². The smallest absolute Gasteiger partial charge is 0.287 e. The van der Waals surface area contributed by atoms with Gasteiger partial charge in [-0.1, -0.05) is 23.7 Å². The molecule has 1 heterocycles. The summed E-state index contributed by atoms with van der Waals surface area (Å²) >= 11 is 5.80. The average molecular weight is 348 g/mol. The summed E-state index contributed by atoms with van der Waals surface area (Å²) in [5.41, 5.74) is 1.64. The van der Waals surface area contributed by atoms with Gasteiger partial charge in [0.25, 0.3) is 5.91 Å². The number of amides is 1. The van der Waals surface area contributed by atoms with Crippen LogP contribution in [0.2, 0.25) is 5.02 Å². The van der Waals surface area contributed by atoms with E-state index in [1.165, 1.54) is 18.2 Å². The minimum Gasteiger partial charge on any atom is -0.451 e. The minimum atomic E-state index is -0.867. The molecule has 0 saturated heterocycles. The van der Waals surface area contributed by atoms with Crippen LogP contribution in [0.5, 0.6) is 0 Å². The van der Waals surface area contributed by atoms with Crippen molar-refractivity contribution in [1.29, 1.82) is 0 Å². The SMILES string of the molecule is Cc1c(C(=O)NC[C@@H](O)c2ccc(Cl)cc2)oc2ccc(F)cc12. The summed E-state index contributed by atoms with van der Waals surface area (Å²) in [4.78, 5) is 12.3. The fourth-order valence-electron chi connectivity index (χ4n) is 2.48. The van der Waals surface area contributed by atoms with Gasteiger partial charge < -0.3 is 14.8 Å². The summed E-state index contributed by atoms with van der Waals surface area (Å²) in [6.07, 6.45) is -0.867. The molecule has 0 aliphatic carbocycles. The normalized spacial score (nSPS) is 12.3. The highest BCUT2D eigenvalue weighted by Gasteiger charge is 2.19. The summed E-state index contributed by atoms with van der Waals surface area (Å²) in [5.74, 6) is -0.743.